The molecule has 1 atom stereocenters. The first-order chi connectivity index (χ1) is 9.58. The standard InChI is InChI=1S/C15H15F2NO2/c1-19-13-7-10(12(17)8-14(13)20-2)15(18)9-5-3-4-6-11(9)16/h3-8,15H,18H2,1-2H3. The molecule has 2 rings (SSSR count). The fraction of sp³-hybridized carbons (Fsp3) is 0.200. The minimum Gasteiger partial charge on any atom is -0.493 e. The van der Waals surface area contributed by atoms with Crippen LogP contribution in [0.25, 0.3) is 0 Å². The molecule has 2 aromatic rings. The van der Waals surface area contributed by atoms with Crippen molar-refractivity contribution in [2.24, 2.45) is 5.73 Å². The molecule has 2 aromatic carbocycles. The van der Waals surface area contributed by atoms with E-state index in [1.165, 1.54) is 38.5 Å². The number of hydrogen-bond donors (Lipinski definition) is 1. The molecule has 0 aromatic heterocycles. The highest BCUT2D eigenvalue weighted by atomic mass is 19.1. The largest absolute Gasteiger partial charge is 0.493 e. The van der Waals surface area contributed by atoms with Gasteiger partial charge >= 0.3 is 0 Å². The van der Waals surface area contributed by atoms with Gasteiger partial charge in [0.05, 0.1) is 20.3 Å². The highest BCUT2D eigenvalue weighted by molar-refractivity contribution is 5.46. The Morgan fingerprint density at radius 1 is 0.900 bits per heavy atom. The Morgan fingerprint density at radius 2 is 1.50 bits per heavy atom. The summed E-state index contributed by atoms with van der Waals surface area (Å²) in [7, 11) is 2.85. The summed E-state index contributed by atoms with van der Waals surface area (Å²) in [5, 5.41) is 0. The zero-order valence-electron chi connectivity index (χ0n) is 11.2. The van der Waals surface area contributed by atoms with Crippen LogP contribution in [0.3, 0.4) is 0 Å². The van der Waals surface area contributed by atoms with Crippen molar-refractivity contribution in [3.63, 3.8) is 0 Å². The molecule has 0 heterocycles. The summed E-state index contributed by atoms with van der Waals surface area (Å²) >= 11 is 0. The van der Waals surface area contributed by atoms with E-state index in [-0.39, 0.29) is 16.9 Å². The fourth-order valence-electron chi connectivity index (χ4n) is 2.00. The van der Waals surface area contributed by atoms with E-state index in [1.54, 1.807) is 12.1 Å². The number of methoxy groups -OCH3 is 2. The van der Waals surface area contributed by atoms with Crippen molar-refractivity contribution in [2.75, 3.05) is 14.2 Å². The van der Waals surface area contributed by atoms with E-state index >= 15 is 0 Å². The smallest absolute Gasteiger partial charge is 0.163 e. The van der Waals surface area contributed by atoms with Crippen LogP contribution in [0, 0.1) is 11.6 Å². The number of nitrogens with two attached hydrogens (primary N) is 1. The van der Waals surface area contributed by atoms with Crippen molar-refractivity contribution in [3.8, 4) is 11.5 Å². The maximum Gasteiger partial charge on any atom is 0.163 e. The van der Waals surface area contributed by atoms with Crippen LogP contribution in [0.4, 0.5) is 8.78 Å². The second kappa shape index (κ2) is 5.88. The average molecular weight is 279 g/mol. The quantitative estimate of drug-likeness (QED) is 0.935. The Bertz CT molecular complexity index is 617. The predicted octanol–water partition coefficient (Wildman–Crippen LogP) is 3.03. The summed E-state index contributed by atoms with van der Waals surface area (Å²) in [5.74, 6) is -0.447. The van der Waals surface area contributed by atoms with Crippen LogP contribution in [0.2, 0.25) is 0 Å². The monoisotopic (exact) mass is 279 g/mol. The normalized spacial score (nSPS) is 12.1. The Kier molecular flexibility index (Phi) is 4.20. The average Bonchev–Trinajstić information content (AvgIpc) is 2.46. The van der Waals surface area contributed by atoms with Gasteiger partial charge in [-0.1, -0.05) is 18.2 Å². The van der Waals surface area contributed by atoms with E-state index in [1.807, 2.05) is 0 Å². The molecular formula is C15H15F2NO2. The lowest BCUT2D eigenvalue weighted by Crippen LogP contribution is -2.15. The van der Waals surface area contributed by atoms with Gasteiger partial charge in [0.2, 0.25) is 0 Å². The molecule has 0 amide bonds. The molecular weight excluding hydrogens is 264 g/mol. The molecule has 0 aliphatic rings. The lowest BCUT2D eigenvalue weighted by Gasteiger charge is -2.17. The molecule has 0 saturated heterocycles. The van der Waals surface area contributed by atoms with Crippen LogP contribution in [-0.4, -0.2) is 14.2 Å². The van der Waals surface area contributed by atoms with Crippen molar-refractivity contribution in [1.82, 2.24) is 0 Å². The molecule has 0 saturated carbocycles. The van der Waals surface area contributed by atoms with Crippen LogP contribution in [0.5, 0.6) is 11.5 Å². The molecule has 0 bridgehead atoms. The SMILES string of the molecule is COc1cc(F)c(C(N)c2ccccc2F)cc1OC. The molecule has 5 heteroatoms. The van der Waals surface area contributed by atoms with Crippen molar-refractivity contribution in [3.05, 3.63) is 59.2 Å². The van der Waals surface area contributed by atoms with Crippen molar-refractivity contribution < 1.29 is 18.3 Å². The number of halogens is 2. The zero-order chi connectivity index (χ0) is 14.7. The van der Waals surface area contributed by atoms with Crippen molar-refractivity contribution >= 4 is 0 Å². The molecule has 0 spiro atoms. The summed E-state index contributed by atoms with van der Waals surface area (Å²) < 4.78 is 37.9. The Hall–Kier alpha value is -2.14. The predicted molar refractivity (Wildman–Crippen MR) is 71.9 cm³/mol. The van der Waals surface area contributed by atoms with Gasteiger partial charge in [-0.15, -0.1) is 0 Å². The van der Waals surface area contributed by atoms with E-state index in [2.05, 4.69) is 0 Å². The Morgan fingerprint density at radius 3 is 2.10 bits per heavy atom. The molecule has 20 heavy (non-hydrogen) atoms. The lowest BCUT2D eigenvalue weighted by molar-refractivity contribution is 0.351. The van der Waals surface area contributed by atoms with Gasteiger partial charge in [-0.25, -0.2) is 8.78 Å². The van der Waals surface area contributed by atoms with Crippen LogP contribution in [-0.2, 0) is 0 Å². The van der Waals surface area contributed by atoms with Gasteiger partial charge in [-0.3, -0.25) is 0 Å². The van der Waals surface area contributed by atoms with E-state index in [0.717, 1.165) is 0 Å². The molecule has 106 valence electrons. The van der Waals surface area contributed by atoms with Gasteiger partial charge in [-0.2, -0.15) is 0 Å². The number of ether oxygens (including phenoxy) is 2. The topological polar surface area (TPSA) is 44.5 Å². The zero-order valence-corrected chi connectivity index (χ0v) is 11.2. The lowest BCUT2D eigenvalue weighted by atomic mass is 9.98. The highest BCUT2D eigenvalue weighted by Crippen LogP contribution is 2.34. The summed E-state index contributed by atoms with van der Waals surface area (Å²) in [5.41, 5.74) is 6.32. The van der Waals surface area contributed by atoms with Crippen LogP contribution in [0.1, 0.15) is 17.2 Å². The Balaban J connectivity index is 2.50. The summed E-state index contributed by atoms with van der Waals surface area (Å²) in [6.07, 6.45) is 0. The maximum absolute atomic E-state index is 14.1. The number of hydrogen-bond acceptors (Lipinski definition) is 3. The number of rotatable bonds is 4. The summed E-state index contributed by atoms with van der Waals surface area (Å²) in [6.45, 7) is 0. The van der Waals surface area contributed by atoms with E-state index in [4.69, 9.17) is 15.2 Å². The van der Waals surface area contributed by atoms with E-state index < -0.39 is 17.7 Å². The fourth-order valence-corrected chi connectivity index (χ4v) is 2.00. The second-order valence-corrected chi connectivity index (χ2v) is 4.23. The summed E-state index contributed by atoms with van der Waals surface area (Å²) in [4.78, 5) is 0. The van der Waals surface area contributed by atoms with Gasteiger partial charge in [-0.05, 0) is 12.1 Å². The minimum atomic E-state index is -0.920. The van der Waals surface area contributed by atoms with Crippen LogP contribution < -0.4 is 15.2 Å². The van der Waals surface area contributed by atoms with Crippen LogP contribution in [0.15, 0.2) is 36.4 Å². The summed E-state index contributed by atoms with van der Waals surface area (Å²) in [6, 6.07) is 7.69. The molecule has 0 fully saturated rings. The second-order valence-electron chi connectivity index (χ2n) is 4.23. The van der Waals surface area contributed by atoms with Crippen molar-refractivity contribution in [2.45, 2.75) is 6.04 Å². The van der Waals surface area contributed by atoms with Crippen LogP contribution >= 0.6 is 0 Å². The third-order valence-corrected chi connectivity index (χ3v) is 3.08. The first kappa shape index (κ1) is 14.3. The van der Waals surface area contributed by atoms with E-state index in [9.17, 15) is 8.78 Å². The first-order valence-electron chi connectivity index (χ1n) is 6.00. The van der Waals surface area contributed by atoms with Gasteiger partial charge in [0, 0.05) is 17.2 Å². The molecule has 1 unspecified atom stereocenters. The molecule has 0 aliphatic carbocycles. The molecule has 3 nitrogen and oxygen atoms in total. The van der Waals surface area contributed by atoms with Gasteiger partial charge < -0.3 is 15.2 Å². The maximum atomic E-state index is 14.1. The minimum absolute atomic E-state index is 0.146. The molecule has 2 N–H and O–H groups in total. The molecule has 0 aliphatic heterocycles. The van der Waals surface area contributed by atoms with Gasteiger partial charge in [0.15, 0.2) is 11.5 Å². The highest BCUT2D eigenvalue weighted by Gasteiger charge is 2.20. The van der Waals surface area contributed by atoms with Crippen molar-refractivity contribution in [1.29, 1.82) is 0 Å². The van der Waals surface area contributed by atoms with Gasteiger partial charge in [0.25, 0.3) is 0 Å². The third-order valence-electron chi connectivity index (χ3n) is 3.08. The first-order valence-corrected chi connectivity index (χ1v) is 6.00. The Labute approximate surface area is 115 Å². The number of benzene rings is 2. The third kappa shape index (κ3) is 2.58. The van der Waals surface area contributed by atoms with Gasteiger partial charge in [0.1, 0.15) is 11.6 Å². The molecule has 0 radical (unpaired) electrons. The van der Waals surface area contributed by atoms with E-state index in [0.29, 0.717) is 5.75 Å².